The molecule has 0 amide bonds. The lowest BCUT2D eigenvalue weighted by Gasteiger charge is -2.40. The molecule has 0 radical (unpaired) electrons. The van der Waals surface area contributed by atoms with Crippen LogP contribution in [0.2, 0.25) is 0 Å². The van der Waals surface area contributed by atoms with E-state index in [0.29, 0.717) is 12.0 Å². The number of carbonyl (C=O) groups is 3. The van der Waals surface area contributed by atoms with Gasteiger partial charge in [-0.3, -0.25) is 14.4 Å². The van der Waals surface area contributed by atoms with E-state index in [-0.39, 0.29) is 29.5 Å². The maximum atomic E-state index is 13.2. The molecule has 5 heteroatoms. The van der Waals surface area contributed by atoms with Gasteiger partial charge in [-0.2, -0.15) is 0 Å². The molecule has 2 bridgehead atoms. The maximum absolute atomic E-state index is 13.2. The lowest BCUT2D eigenvalue weighted by atomic mass is 9.62. The average Bonchev–Trinajstić information content (AvgIpc) is 3.26. The van der Waals surface area contributed by atoms with Crippen molar-refractivity contribution in [1.29, 1.82) is 0 Å². The van der Waals surface area contributed by atoms with Gasteiger partial charge in [0.05, 0.1) is 26.1 Å². The van der Waals surface area contributed by atoms with Crippen LogP contribution in [0.1, 0.15) is 18.9 Å². The van der Waals surface area contributed by atoms with Gasteiger partial charge in [-0.15, -0.1) is 0 Å². The zero-order chi connectivity index (χ0) is 18.6. The Morgan fingerprint density at radius 3 is 2.35 bits per heavy atom. The van der Waals surface area contributed by atoms with E-state index in [1.807, 2.05) is 43.3 Å². The first-order valence-electron chi connectivity index (χ1n) is 8.91. The Balaban J connectivity index is 1.78. The van der Waals surface area contributed by atoms with Crippen LogP contribution in [-0.2, 0) is 23.9 Å². The van der Waals surface area contributed by atoms with Gasteiger partial charge in [0.25, 0.3) is 0 Å². The van der Waals surface area contributed by atoms with E-state index >= 15 is 0 Å². The average molecular weight is 354 g/mol. The van der Waals surface area contributed by atoms with Crippen molar-refractivity contribution in [3.05, 3.63) is 42.0 Å². The Kier molecular flexibility index (Phi) is 3.79. The fraction of sp³-hybridized carbons (Fsp3) is 0.476. The number of carbonyl (C=O) groups excluding carboxylic acids is 3. The minimum Gasteiger partial charge on any atom is -0.469 e. The Labute approximate surface area is 152 Å². The van der Waals surface area contributed by atoms with Crippen LogP contribution in [0.4, 0.5) is 0 Å². The van der Waals surface area contributed by atoms with Crippen molar-refractivity contribution < 1.29 is 23.9 Å². The van der Waals surface area contributed by atoms with Gasteiger partial charge in [-0.05, 0) is 29.2 Å². The molecule has 136 valence electrons. The van der Waals surface area contributed by atoms with Crippen LogP contribution in [-0.4, -0.2) is 31.9 Å². The Morgan fingerprint density at radius 2 is 1.73 bits per heavy atom. The summed E-state index contributed by atoms with van der Waals surface area (Å²) >= 11 is 0. The van der Waals surface area contributed by atoms with Crippen LogP contribution in [0, 0.1) is 35.0 Å². The monoisotopic (exact) mass is 354 g/mol. The molecule has 4 rings (SSSR count). The molecule has 0 N–H and O–H groups in total. The number of ether oxygens (including phenoxy) is 2. The maximum Gasteiger partial charge on any atom is 0.310 e. The summed E-state index contributed by atoms with van der Waals surface area (Å²) in [6, 6.07) is 9.57. The largest absolute Gasteiger partial charge is 0.469 e. The number of fused-ring (bicyclic) bond motifs is 5. The van der Waals surface area contributed by atoms with Gasteiger partial charge in [0.15, 0.2) is 5.78 Å². The van der Waals surface area contributed by atoms with Gasteiger partial charge in [-0.1, -0.05) is 43.3 Å². The van der Waals surface area contributed by atoms with Crippen molar-refractivity contribution in [1.82, 2.24) is 0 Å². The van der Waals surface area contributed by atoms with E-state index in [1.165, 1.54) is 14.2 Å². The summed E-state index contributed by atoms with van der Waals surface area (Å²) in [6.07, 6.45) is 2.67. The quantitative estimate of drug-likeness (QED) is 0.780. The molecule has 0 heterocycles. The highest BCUT2D eigenvalue weighted by Gasteiger charge is 2.71. The second kappa shape index (κ2) is 5.79. The summed E-state index contributed by atoms with van der Waals surface area (Å²) in [5, 5.41) is 0. The van der Waals surface area contributed by atoms with Crippen molar-refractivity contribution in [3.63, 3.8) is 0 Å². The van der Waals surface area contributed by atoms with E-state index < -0.39 is 23.2 Å². The molecule has 0 spiro atoms. The number of rotatable bonds is 3. The molecular formula is C21H22O5. The molecule has 5 nitrogen and oxygen atoms in total. The van der Waals surface area contributed by atoms with Crippen LogP contribution in [0.25, 0.3) is 5.57 Å². The first-order valence-corrected chi connectivity index (χ1v) is 8.91. The van der Waals surface area contributed by atoms with Crippen molar-refractivity contribution >= 4 is 23.3 Å². The minimum absolute atomic E-state index is 0.0345. The Morgan fingerprint density at radius 1 is 1.08 bits per heavy atom. The van der Waals surface area contributed by atoms with Gasteiger partial charge >= 0.3 is 11.9 Å². The highest BCUT2D eigenvalue weighted by molar-refractivity contribution is 6.24. The molecule has 0 saturated heterocycles. The molecule has 2 fully saturated rings. The third-order valence-electron chi connectivity index (χ3n) is 6.72. The SMILES string of the molecule is COC(=O)[C@@H]1[C@H]2C[C@](C)([C@@H]3C(=O)C(c4ccccc4)=C[C@H]23)[C@@H]1C(=O)OC. The second-order valence-corrected chi connectivity index (χ2v) is 7.79. The topological polar surface area (TPSA) is 69.7 Å². The first-order chi connectivity index (χ1) is 12.4. The van der Waals surface area contributed by atoms with Crippen LogP contribution >= 0.6 is 0 Å². The molecular weight excluding hydrogens is 332 g/mol. The number of methoxy groups -OCH3 is 2. The van der Waals surface area contributed by atoms with Crippen LogP contribution in [0.5, 0.6) is 0 Å². The Bertz CT molecular complexity index is 811. The molecule has 2 saturated carbocycles. The minimum atomic E-state index is -0.640. The number of hydrogen-bond acceptors (Lipinski definition) is 5. The predicted octanol–water partition coefficient (Wildman–Crippen LogP) is 2.50. The van der Waals surface area contributed by atoms with Gasteiger partial charge in [0.2, 0.25) is 0 Å². The summed E-state index contributed by atoms with van der Waals surface area (Å²) in [5.74, 6) is -2.33. The zero-order valence-corrected chi connectivity index (χ0v) is 15.1. The molecule has 6 atom stereocenters. The van der Waals surface area contributed by atoms with Crippen molar-refractivity contribution in [2.75, 3.05) is 14.2 Å². The summed E-state index contributed by atoms with van der Waals surface area (Å²) in [7, 11) is 2.67. The second-order valence-electron chi connectivity index (χ2n) is 7.79. The molecule has 3 aliphatic carbocycles. The van der Waals surface area contributed by atoms with Gasteiger partial charge in [0, 0.05) is 11.5 Å². The van der Waals surface area contributed by atoms with E-state index in [0.717, 1.165) is 5.56 Å². The molecule has 0 aliphatic heterocycles. The van der Waals surface area contributed by atoms with Crippen molar-refractivity contribution in [3.8, 4) is 0 Å². The fourth-order valence-corrected chi connectivity index (χ4v) is 5.78. The number of esters is 2. The number of hydrogen-bond donors (Lipinski definition) is 0. The van der Waals surface area contributed by atoms with Gasteiger partial charge < -0.3 is 9.47 Å². The van der Waals surface area contributed by atoms with Crippen molar-refractivity contribution in [2.45, 2.75) is 13.3 Å². The normalized spacial score (nSPS) is 37.3. The third-order valence-corrected chi connectivity index (χ3v) is 6.72. The third kappa shape index (κ3) is 2.06. The van der Waals surface area contributed by atoms with Crippen LogP contribution < -0.4 is 0 Å². The lowest BCUT2D eigenvalue weighted by Crippen LogP contribution is -2.48. The van der Waals surface area contributed by atoms with Gasteiger partial charge in [0.1, 0.15) is 0 Å². The van der Waals surface area contributed by atoms with Crippen LogP contribution in [0.3, 0.4) is 0 Å². The zero-order valence-electron chi connectivity index (χ0n) is 15.1. The van der Waals surface area contributed by atoms with Crippen LogP contribution in [0.15, 0.2) is 36.4 Å². The highest BCUT2D eigenvalue weighted by Crippen LogP contribution is 2.69. The van der Waals surface area contributed by atoms with E-state index in [2.05, 4.69) is 0 Å². The summed E-state index contributed by atoms with van der Waals surface area (Å²) in [4.78, 5) is 38.2. The number of allylic oxidation sites excluding steroid dienone is 2. The molecule has 3 aliphatic rings. The van der Waals surface area contributed by atoms with E-state index in [1.54, 1.807) is 0 Å². The molecule has 0 unspecified atom stereocenters. The Hall–Kier alpha value is -2.43. The fourth-order valence-electron chi connectivity index (χ4n) is 5.78. The summed E-state index contributed by atoms with van der Waals surface area (Å²) in [5.41, 5.74) is 0.996. The van der Waals surface area contributed by atoms with Crippen molar-refractivity contribution in [2.24, 2.45) is 35.0 Å². The smallest absolute Gasteiger partial charge is 0.310 e. The standard InChI is InChI=1S/C21H22O5/c1-21-10-14(15(19(23)25-2)17(21)20(24)26-3)13-9-12(18(22)16(13)21)11-7-5-4-6-8-11/h4-9,13-17H,10H2,1-3H3/t13-,14+,15-,16+,17+,21-/m1/s1. The summed E-state index contributed by atoms with van der Waals surface area (Å²) in [6.45, 7) is 1.95. The molecule has 26 heavy (non-hydrogen) atoms. The molecule has 0 aromatic heterocycles. The lowest BCUT2D eigenvalue weighted by molar-refractivity contribution is -0.166. The number of benzene rings is 1. The number of ketones is 1. The van der Waals surface area contributed by atoms with E-state index in [9.17, 15) is 14.4 Å². The summed E-state index contributed by atoms with van der Waals surface area (Å²) < 4.78 is 9.99. The highest BCUT2D eigenvalue weighted by atomic mass is 16.5. The predicted molar refractivity (Wildman–Crippen MR) is 93.6 cm³/mol. The number of Topliss-reactive ketones (excluding diaryl/α,β-unsaturated/α-hetero) is 1. The van der Waals surface area contributed by atoms with Gasteiger partial charge in [-0.25, -0.2) is 0 Å². The van der Waals surface area contributed by atoms with E-state index in [4.69, 9.17) is 9.47 Å². The molecule has 1 aromatic rings. The molecule has 1 aromatic carbocycles. The first kappa shape index (κ1) is 17.0.